The molecule has 0 radical (unpaired) electrons. The van der Waals surface area contributed by atoms with E-state index in [1.54, 1.807) is 6.07 Å². The Labute approximate surface area is 96.2 Å². The molecular weight excluding hydrogens is 265 g/mol. The maximum Gasteiger partial charge on any atom is 0.137 e. The molecule has 84 valence electrons. The minimum atomic E-state index is -0.561. The summed E-state index contributed by atoms with van der Waals surface area (Å²) in [5.74, 6) is -0.331. The van der Waals surface area contributed by atoms with Gasteiger partial charge in [-0.3, -0.25) is 0 Å². The molecule has 0 bridgehead atoms. The Morgan fingerprint density at radius 1 is 1.53 bits per heavy atom. The first-order valence-electron chi connectivity index (χ1n) is 4.22. The Balaban J connectivity index is 0.000000921. The summed E-state index contributed by atoms with van der Waals surface area (Å²) in [6.45, 7) is 0. The first kappa shape index (κ1) is 14.2. The lowest BCUT2D eigenvalue weighted by Gasteiger charge is -2.04. The molecule has 1 unspecified atom stereocenters. The number of hydrogen-bond donors (Lipinski definition) is 2. The summed E-state index contributed by atoms with van der Waals surface area (Å²) in [6.07, 6.45) is 1.01. The highest BCUT2D eigenvalue weighted by Crippen LogP contribution is 2.15. The standard InChI is InChI=1S/C9H9BrFNO.CH4O/c10-7-1-6(2-8(11)4-7)3-9(12)5-13;1-2/h1-2,4-5,9H,3,12H2;2H,1H3. The van der Waals surface area contributed by atoms with Crippen LogP contribution < -0.4 is 5.73 Å². The molecule has 0 spiro atoms. The van der Waals surface area contributed by atoms with Gasteiger partial charge >= 0.3 is 0 Å². The number of hydrogen-bond acceptors (Lipinski definition) is 3. The predicted molar refractivity (Wildman–Crippen MR) is 60.0 cm³/mol. The Morgan fingerprint density at radius 2 is 2.13 bits per heavy atom. The number of aliphatic hydroxyl groups excluding tert-OH is 1. The van der Waals surface area contributed by atoms with Crippen LogP contribution in [-0.4, -0.2) is 24.5 Å². The molecule has 3 nitrogen and oxygen atoms in total. The SMILES string of the molecule is CO.NC(C=O)Cc1cc(F)cc(Br)c1. The van der Waals surface area contributed by atoms with Gasteiger partial charge in [0.15, 0.2) is 0 Å². The monoisotopic (exact) mass is 277 g/mol. The quantitative estimate of drug-likeness (QED) is 0.818. The van der Waals surface area contributed by atoms with Crippen LogP contribution in [0.1, 0.15) is 5.56 Å². The number of benzene rings is 1. The molecule has 0 aliphatic carbocycles. The van der Waals surface area contributed by atoms with Crippen LogP contribution >= 0.6 is 15.9 Å². The largest absolute Gasteiger partial charge is 0.400 e. The highest BCUT2D eigenvalue weighted by atomic mass is 79.9. The molecule has 0 saturated carbocycles. The van der Waals surface area contributed by atoms with Crippen LogP contribution in [0.2, 0.25) is 0 Å². The number of halogens is 2. The fourth-order valence-corrected chi connectivity index (χ4v) is 1.56. The molecule has 0 aliphatic heterocycles. The summed E-state index contributed by atoms with van der Waals surface area (Å²) in [6, 6.07) is 3.91. The van der Waals surface area contributed by atoms with Crippen molar-refractivity contribution in [1.82, 2.24) is 0 Å². The van der Waals surface area contributed by atoms with E-state index in [-0.39, 0.29) is 5.82 Å². The Kier molecular flexibility index (Phi) is 7.11. The van der Waals surface area contributed by atoms with Gasteiger partial charge in [0.05, 0.1) is 6.04 Å². The minimum absolute atomic E-state index is 0.331. The molecule has 0 heterocycles. The molecular formula is C10H13BrFNO2. The van der Waals surface area contributed by atoms with Crippen molar-refractivity contribution in [2.75, 3.05) is 7.11 Å². The zero-order chi connectivity index (χ0) is 11.8. The Hall–Kier alpha value is -0.780. The number of aldehydes is 1. The van der Waals surface area contributed by atoms with Crippen LogP contribution in [-0.2, 0) is 11.2 Å². The summed E-state index contributed by atoms with van der Waals surface area (Å²) in [7, 11) is 1.00. The minimum Gasteiger partial charge on any atom is -0.400 e. The second-order valence-corrected chi connectivity index (χ2v) is 3.70. The van der Waals surface area contributed by atoms with E-state index >= 15 is 0 Å². The van der Waals surface area contributed by atoms with Crippen LogP contribution in [0.5, 0.6) is 0 Å². The second kappa shape index (κ2) is 7.50. The van der Waals surface area contributed by atoms with Crippen LogP contribution in [0.25, 0.3) is 0 Å². The van der Waals surface area contributed by atoms with Gasteiger partial charge in [-0.2, -0.15) is 0 Å². The van der Waals surface area contributed by atoms with E-state index in [4.69, 9.17) is 10.8 Å². The van der Waals surface area contributed by atoms with Gasteiger partial charge in [-0.25, -0.2) is 4.39 Å². The lowest BCUT2D eigenvalue weighted by molar-refractivity contribution is -0.108. The van der Waals surface area contributed by atoms with Crippen molar-refractivity contribution in [3.8, 4) is 0 Å². The summed E-state index contributed by atoms with van der Waals surface area (Å²) in [4.78, 5) is 10.2. The summed E-state index contributed by atoms with van der Waals surface area (Å²) < 4.78 is 13.5. The van der Waals surface area contributed by atoms with Crippen molar-refractivity contribution in [2.24, 2.45) is 5.73 Å². The van der Waals surface area contributed by atoms with Crippen LogP contribution in [0, 0.1) is 5.82 Å². The summed E-state index contributed by atoms with van der Waals surface area (Å²) in [5.41, 5.74) is 6.11. The van der Waals surface area contributed by atoms with Gasteiger partial charge in [0, 0.05) is 11.6 Å². The van der Waals surface area contributed by atoms with Crippen LogP contribution in [0.3, 0.4) is 0 Å². The van der Waals surface area contributed by atoms with Crippen LogP contribution in [0.4, 0.5) is 4.39 Å². The van der Waals surface area contributed by atoms with E-state index in [0.717, 1.165) is 7.11 Å². The van der Waals surface area contributed by atoms with E-state index < -0.39 is 6.04 Å². The first-order valence-corrected chi connectivity index (χ1v) is 5.01. The van der Waals surface area contributed by atoms with E-state index in [1.165, 1.54) is 12.1 Å². The predicted octanol–water partition coefficient (Wildman–Crippen LogP) is 1.27. The number of carbonyl (C=O) groups excluding carboxylic acids is 1. The maximum absolute atomic E-state index is 12.8. The number of aliphatic hydroxyl groups is 1. The molecule has 3 N–H and O–H groups in total. The Morgan fingerprint density at radius 3 is 2.60 bits per heavy atom. The maximum atomic E-state index is 12.8. The molecule has 0 saturated heterocycles. The molecule has 1 rings (SSSR count). The van der Waals surface area contributed by atoms with Crippen LogP contribution in [0.15, 0.2) is 22.7 Å². The Bertz CT molecular complexity index is 300. The molecule has 1 aromatic carbocycles. The lowest BCUT2D eigenvalue weighted by atomic mass is 10.1. The van der Waals surface area contributed by atoms with Gasteiger partial charge in [0.1, 0.15) is 12.1 Å². The molecule has 0 aromatic heterocycles. The highest BCUT2D eigenvalue weighted by Gasteiger charge is 2.04. The molecule has 0 fully saturated rings. The zero-order valence-electron chi connectivity index (χ0n) is 8.28. The molecule has 0 aliphatic rings. The van der Waals surface area contributed by atoms with Gasteiger partial charge in [0.2, 0.25) is 0 Å². The molecule has 5 heteroatoms. The van der Waals surface area contributed by atoms with E-state index in [0.29, 0.717) is 22.7 Å². The first-order chi connectivity index (χ1) is 7.11. The van der Waals surface area contributed by atoms with E-state index in [9.17, 15) is 9.18 Å². The van der Waals surface area contributed by atoms with Gasteiger partial charge < -0.3 is 15.6 Å². The molecule has 1 aromatic rings. The average molecular weight is 278 g/mol. The molecule has 1 atom stereocenters. The number of rotatable bonds is 3. The van der Waals surface area contributed by atoms with E-state index in [1.807, 2.05) is 0 Å². The van der Waals surface area contributed by atoms with Crippen molar-refractivity contribution in [1.29, 1.82) is 0 Å². The number of nitrogens with two attached hydrogens (primary N) is 1. The topological polar surface area (TPSA) is 63.3 Å². The van der Waals surface area contributed by atoms with Gasteiger partial charge in [-0.1, -0.05) is 15.9 Å². The van der Waals surface area contributed by atoms with Crippen molar-refractivity contribution >= 4 is 22.2 Å². The molecule has 15 heavy (non-hydrogen) atoms. The van der Waals surface area contributed by atoms with Crippen molar-refractivity contribution in [3.63, 3.8) is 0 Å². The van der Waals surface area contributed by atoms with Gasteiger partial charge in [0.25, 0.3) is 0 Å². The lowest BCUT2D eigenvalue weighted by Crippen LogP contribution is -2.24. The van der Waals surface area contributed by atoms with E-state index in [2.05, 4.69) is 15.9 Å². The number of carbonyl (C=O) groups is 1. The summed E-state index contributed by atoms with van der Waals surface area (Å²) in [5, 5.41) is 7.00. The fourth-order valence-electron chi connectivity index (χ4n) is 1.05. The third-order valence-electron chi connectivity index (χ3n) is 1.57. The normalized spacial score (nSPS) is 11.3. The third kappa shape index (κ3) is 5.61. The smallest absolute Gasteiger partial charge is 0.137 e. The van der Waals surface area contributed by atoms with Gasteiger partial charge in [-0.15, -0.1) is 0 Å². The average Bonchev–Trinajstić information content (AvgIpc) is 2.19. The van der Waals surface area contributed by atoms with Crippen molar-refractivity contribution in [3.05, 3.63) is 34.1 Å². The van der Waals surface area contributed by atoms with Crippen molar-refractivity contribution in [2.45, 2.75) is 12.5 Å². The fraction of sp³-hybridized carbons (Fsp3) is 0.300. The molecule has 0 amide bonds. The highest BCUT2D eigenvalue weighted by molar-refractivity contribution is 9.10. The zero-order valence-corrected chi connectivity index (χ0v) is 9.87. The second-order valence-electron chi connectivity index (χ2n) is 2.78. The van der Waals surface area contributed by atoms with Crippen molar-refractivity contribution < 1.29 is 14.3 Å². The summed E-state index contributed by atoms with van der Waals surface area (Å²) >= 11 is 3.16. The van der Waals surface area contributed by atoms with Gasteiger partial charge in [-0.05, 0) is 30.2 Å². The third-order valence-corrected chi connectivity index (χ3v) is 2.03.